The van der Waals surface area contributed by atoms with Crippen LogP contribution in [0, 0.1) is 11.3 Å². The second kappa shape index (κ2) is 5.07. The van der Waals surface area contributed by atoms with Gasteiger partial charge < -0.3 is 0 Å². The van der Waals surface area contributed by atoms with Crippen molar-refractivity contribution in [2.75, 3.05) is 0 Å². The van der Waals surface area contributed by atoms with Crippen LogP contribution in [0.4, 0.5) is 13.2 Å². The highest BCUT2D eigenvalue weighted by Crippen LogP contribution is 2.34. The highest BCUT2D eigenvalue weighted by molar-refractivity contribution is 6.11. The predicted molar refractivity (Wildman–Crippen MR) is 60.4 cm³/mol. The van der Waals surface area contributed by atoms with Crippen LogP contribution in [0.2, 0.25) is 0 Å². The normalized spacial score (nSPS) is 14.0. The molecule has 0 N–H and O–H groups in total. The molecule has 0 saturated heterocycles. The molecule has 0 spiro atoms. The Bertz CT molecular complexity index is 478. The fraction of sp³-hybridized carbons (Fsp3) is 0.500. The number of aromatic nitrogens is 2. The third-order valence-electron chi connectivity index (χ3n) is 2.38. The summed E-state index contributed by atoms with van der Waals surface area (Å²) >= 11 is 0. The molecule has 19 heavy (non-hydrogen) atoms. The molecule has 0 saturated carbocycles. The molecule has 1 aromatic heterocycles. The maximum atomic E-state index is 12.9. The predicted octanol–water partition coefficient (Wildman–Crippen LogP) is 2.45. The number of hydrogen-bond donors (Lipinski definition) is 0. The highest BCUT2D eigenvalue weighted by Gasteiger charge is 2.53. The van der Waals surface area contributed by atoms with Crippen LogP contribution < -0.4 is 0 Å². The molecule has 0 aliphatic rings. The van der Waals surface area contributed by atoms with Crippen LogP contribution in [0.25, 0.3) is 0 Å². The van der Waals surface area contributed by atoms with E-state index in [0.717, 1.165) is 12.4 Å². The molecule has 104 valence electrons. The Morgan fingerprint density at radius 3 is 1.95 bits per heavy atom. The largest absolute Gasteiger partial charge is 0.406 e. The van der Waals surface area contributed by atoms with Gasteiger partial charge in [-0.1, -0.05) is 20.8 Å². The summed E-state index contributed by atoms with van der Waals surface area (Å²) in [5.41, 5.74) is -1.29. The van der Waals surface area contributed by atoms with E-state index in [1.165, 1.54) is 26.8 Å². The Labute approximate surface area is 108 Å². The summed E-state index contributed by atoms with van der Waals surface area (Å²) in [6, 6.07) is 1.37. The van der Waals surface area contributed by atoms with Gasteiger partial charge in [-0.3, -0.25) is 9.59 Å². The lowest BCUT2D eigenvalue weighted by molar-refractivity contribution is -0.175. The van der Waals surface area contributed by atoms with Crippen molar-refractivity contribution in [3.63, 3.8) is 0 Å². The highest BCUT2D eigenvalue weighted by atomic mass is 19.4. The Hall–Kier alpha value is -1.79. The maximum Gasteiger partial charge on any atom is 0.406 e. The molecule has 0 amide bonds. The van der Waals surface area contributed by atoms with Gasteiger partial charge in [-0.05, 0) is 6.07 Å². The number of Topliss-reactive ketones (excluding diaryl/α,β-unsaturated/α-hetero) is 2. The van der Waals surface area contributed by atoms with Crippen molar-refractivity contribution in [2.45, 2.75) is 26.9 Å². The number of halogens is 3. The van der Waals surface area contributed by atoms with Gasteiger partial charge in [0.1, 0.15) is 0 Å². The molecule has 1 atom stereocenters. The summed E-state index contributed by atoms with van der Waals surface area (Å²) < 4.78 is 38.8. The molecule has 0 fully saturated rings. The first-order valence-corrected chi connectivity index (χ1v) is 5.47. The van der Waals surface area contributed by atoms with Crippen molar-refractivity contribution in [3.8, 4) is 0 Å². The zero-order chi connectivity index (χ0) is 14.8. The number of ketones is 2. The van der Waals surface area contributed by atoms with Crippen molar-refractivity contribution in [2.24, 2.45) is 11.3 Å². The molecule has 0 aromatic carbocycles. The van der Waals surface area contributed by atoms with E-state index in [1.54, 1.807) is 0 Å². The number of alkyl halides is 3. The minimum Gasteiger partial charge on any atom is -0.298 e. The van der Waals surface area contributed by atoms with E-state index in [2.05, 4.69) is 9.97 Å². The van der Waals surface area contributed by atoms with Crippen molar-refractivity contribution in [1.82, 2.24) is 9.97 Å². The van der Waals surface area contributed by atoms with Crippen molar-refractivity contribution in [1.29, 1.82) is 0 Å². The van der Waals surface area contributed by atoms with E-state index in [4.69, 9.17) is 0 Å². The van der Waals surface area contributed by atoms with Crippen molar-refractivity contribution >= 4 is 11.6 Å². The topological polar surface area (TPSA) is 59.9 Å². The van der Waals surface area contributed by atoms with Gasteiger partial charge in [0.05, 0.1) is 0 Å². The van der Waals surface area contributed by atoms with Crippen LogP contribution in [0.5, 0.6) is 0 Å². The summed E-state index contributed by atoms with van der Waals surface area (Å²) in [5.74, 6) is -5.96. The molecule has 1 rings (SSSR count). The molecule has 1 unspecified atom stereocenters. The Morgan fingerprint density at radius 1 is 1.11 bits per heavy atom. The van der Waals surface area contributed by atoms with Crippen LogP contribution in [-0.4, -0.2) is 27.7 Å². The summed E-state index contributed by atoms with van der Waals surface area (Å²) in [5, 5.41) is 0. The number of hydrogen-bond acceptors (Lipinski definition) is 4. The van der Waals surface area contributed by atoms with Gasteiger partial charge in [-0.15, -0.1) is 0 Å². The quantitative estimate of drug-likeness (QED) is 0.627. The smallest absolute Gasteiger partial charge is 0.298 e. The summed E-state index contributed by atoms with van der Waals surface area (Å²) in [7, 11) is 0. The Balaban J connectivity index is 3.21. The van der Waals surface area contributed by atoms with Crippen LogP contribution in [0.1, 0.15) is 31.4 Å². The SMILES string of the molecule is CC(C)(C)C(=O)C(C(=O)c1ncccn1)C(F)(F)F. The Morgan fingerprint density at radius 2 is 1.58 bits per heavy atom. The molecule has 0 bridgehead atoms. The van der Waals surface area contributed by atoms with E-state index >= 15 is 0 Å². The van der Waals surface area contributed by atoms with Crippen LogP contribution in [0.3, 0.4) is 0 Å². The lowest BCUT2D eigenvalue weighted by atomic mass is 9.80. The van der Waals surface area contributed by atoms with Gasteiger partial charge in [0.25, 0.3) is 0 Å². The molecule has 1 heterocycles. The second-order valence-corrected chi connectivity index (χ2v) is 5.03. The van der Waals surface area contributed by atoms with E-state index in [1.807, 2.05) is 0 Å². The Kier molecular flexibility index (Phi) is 4.07. The summed E-state index contributed by atoms with van der Waals surface area (Å²) in [6.45, 7) is 3.98. The molecule has 0 aliphatic carbocycles. The van der Waals surface area contributed by atoms with Gasteiger partial charge in [0.2, 0.25) is 5.78 Å². The van der Waals surface area contributed by atoms with Gasteiger partial charge in [-0.25, -0.2) is 9.97 Å². The molecule has 0 radical (unpaired) electrons. The third kappa shape index (κ3) is 3.59. The van der Waals surface area contributed by atoms with Gasteiger partial charge in [0.15, 0.2) is 17.5 Å². The third-order valence-corrected chi connectivity index (χ3v) is 2.38. The number of nitrogens with zero attached hydrogens (tertiary/aromatic N) is 2. The number of rotatable bonds is 3. The van der Waals surface area contributed by atoms with Crippen molar-refractivity contribution < 1.29 is 22.8 Å². The zero-order valence-corrected chi connectivity index (χ0v) is 10.7. The van der Waals surface area contributed by atoms with Gasteiger partial charge in [-0.2, -0.15) is 13.2 Å². The van der Waals surface area contributed by atoms with E-state index in [0.29, 0.717) is 0 Å². The lowest BCUT2D eigenvalue weighted by Crippen LogP contribution is -2.43. The van der Waals surface area contributed by atoms with Crippen molar-refractivity contribution in [3.05, 3.63) is 24.3 Å². The minimum absolute atomic E-state index is 0.609. The fourth-order valence-electron chi connectivity index (χ4n) is 1.40. The standard InChI is InChI=1S/C12H13F3N2O2/c1-11(2,3)9(19)7(12(13,14)15)8(18)10-16-5-4-6-17-10/h4-7H,1-3H3. The van der Waals surface area contributed by atoms with Crippen LogP contribution in [0.15, 0.2) is 18.5 Å². The maximum absolute atomic E-state index is 12.9. The molecule has 0 aliphatic heterocycles. The molecule has 1 aromatic rings. The first kappa shape index (κ1) is 15.3. The van der Waals surface area contributed by atoms with E-state index in [-0.39, 0.29) is 0 Å². The molecular formula is C12H13F3N2O2. The number of carbonyl (C=O) groups excluding carboxylic acids is 2. The average Bonchev–Trinajstić information content (AvgIpc) is 2.27. The van der Waals surface area contributed by atoms with Gasteiger partial charge >= 0.3 is 6.18 Å². The first-order chi connectivity index (χ1) is 8.55. The van der Waals surface area contributed by atoms with E-state index < -0.39 is 34.9 Å². The molecular weight excluding hydrogens is 261 g/mol. The first-order valence-electron chi connectivity index (χ1n) is 5.47. The average molecular weight is 274 g/mol. The molecule has 7 heteroatoms. The zero-order valence-electron chi connectivity index (χ0n) is 10.7. The second-order valence-electron chi connectivity index (χ2n) is 5.03. The lowest BCUT2D eigenvalue weighted by Gasteiger charge is -2.24. The van der Waals surface area contributed by atoms with Gasteiger partial charge in [0, 0.05) is 17.8 Å². The fourth-order valence-corrected chi connectivity index (χ4v) is 1.40. The number of carbonyl (C=O) groups is 2. The van der Waals surface area contributed by atoms with Crippen LogP contribution >= 0.6 is 0 Å². The molecule has 4 nitrogen and oxygen atoms in total. The minimum atomic E-state index is -4.96. The van der Waals surface area contributed by atoms with E-state index in [9.17, 15) is 22.8 Å². The monoisotopic (exact) mass is 274 g/mol. The summed E-state index contributed by atoms with van der Waals surface area (Å²) in [6.07, 6.45) is -2.66. The van der Waals surface area contributed by atoms with Crippen LogP contribution in [-0.2, 0) is 4.79 Å². The summed E-state index contributed by atoms with van der Waals surface area (Å²) in [4.78, 5) is 30.6.